The Morgan fingerprint density at radius 1 is 0.545 bits per heavy atom. The second-order valence-electron chi connectivity index (χ2n) is 6.09. The van der Waals surface area contributed by atoms with Gasteiger partial charge in [0.15, 0.2) is 0 Å². The van der Waals surface area contributed by atoms with E-state index in [1.807, 2.05) is 0 Å². The largest absolute Gasteiger partial charge is 0.359 e. The first-order valence-electron chi connectivity index (χ1n) is 7.63. The molecule has 0 saturated carbocycles. The number of benzene rings is 2. The van der Waals surface area contributed by atoms with Crippen molar-refractivity contribution in [1.29, 1.82) is 0 Å². The zero-order chi connectivity index (χ0) is 15.7. The SMILES string of the molecule is Cc1ccc2[nH]c(C)cc2c1.Cc1ccc2cc(C)[nH]c2c1. The van der Waals surface area contributed by atoms with Gasteiger partial charge in [0.2, 0.25) is 0 Å². The summed E-state index contributed by atoms with van der Waals surface area (Å²) < 4.78 is 0. The molecule has 0 atom stereocenters. The van der Waals surface area contributed by atoms with E-state index in [0.717, 1.165) is 0 Å². The topological polar surface area (TPSA) is 31.6 Å². The molecule has 2 aromatic carbocycles. The summed E-state index contributed by atoms with van der Waals surface area (Å²) in [6, 6.07) is 17.2. The van der Waals surface area contributed by atoms with Crippen molar-refractivity contribution in [1.82, 2.24) is 9.97 Å². The van der Waals surface area contributed by atoms with Crippen LogP contribution in [-0.2, 0) is 0 Å². The summed E-state index contributed by atoms with van der Waals surface area (Å²) in [4.78, 5) is 6.58. The normalized spacial score (nSPS) is 10.7. The molecule has 0 fully saturated rings. The maximum absolute atomic E-state index is 3.30. The highest BCUT2D eigenvalue weighted by molar-refractivity contribution is 5.81. The molecule has 0 aliphatic heterocycles. The number of hydrogen-bond donors (Lipinski definition) is 2. The lowest BCUT2D eigenvalue weighted by atomic mass is 10.2. The van der Waals surface area contributed by atoms with E-state index in [2.05, 4.69) is 86.2 Å². The Balaban J connectivity index is 0.000000131. The van der Waals surface area contributed by atoms with Crippen LogP contribution in [-0.4, -0.2) is 9.97 Å². The van der Waals surface area contributed by atoms with E-state index in [4.69, 9.17) is 0 Å². The molecule has 0 aliphatic carbocycles. The molecule has 22 heavy (non-hydrogen) atoms. The van der Waals surface area contributed by atoms with Crippen LogP contribution in [0.5, 0.6) is 0 Å². The first-order valence-corrected chi connectivity index (χ1v) is 7.63. The lowest BCUT2D eigenvalue weighted by Crippen LogP contribution is -1.71. The molecule has 0 saturated heterocycles. The van der Waals surface area contributed by atoms with Crippen LogP contribution in [0.4, 0.5) is 0 Å². The van der Waals surface area contributed by atoms with Gasteiger partial charge in [-0.3, -0.25) is 0 Å². The number of nitrogens with one attached hydrogen (secondary N) is 2. The average molecular weight is 290 g/mol. The van der Waals surface area contributed by atoms with Crippen molar-refractivity contribution >= 4 is 21.8 Å². The van der Waals surface area contributed by atoms with E-state index in [-0.39, 0.29) is 0 Å². The van der Waals surface area contributed by atoms with Crippen LogP contribution >= 0.6 is 0 Å². The molecule has 2 aromatic heterocycles. The van der Waals surface area contributed by atoms with Gasteiger partial charge in [0.25, 0.3) is 0 Å². The molecule has 2 N–H and O–H groups in total. The van der Waals surface area contributed by atoms with Crippen LogP contribution in [0.25, 0.3) is 21.8 Å². The van der Waals surface area contributed by atoms with E-state index >= 15 is 0 Å². The molecule has 2 nitrogen and oxygen atoms in total. The second kappa shape index (κ2) is 5.72. The first kappa shape index (κ1) is 14.5. The van der Waals surface area contributed by atoms with Crippen molar-refractivity contribution in [2.45, 2.75) is 27.7 Å². The number of H-pyrrole nitrogens is 2. The zero-order valence-electron chi connectivity index (χ0n) is 13.6. The molecule has 2 heteroatoms. The smallest absolute Gasteiger partial charge is 0.0458 e. The number of aromatic amines is 2. The van der Waals surface area contributed by atoms with Crippen LogP contribution in [0, 0.1) is 27.7 Å². The Hall–Kier alpha value is -2.48. The number of hydrogen-bond acceptors (Lipinski definition) is 0. The summed E-state index contributed by atoms with van der Waals surface area (Å²) >= 11 is 0. The molecular formula is C20H22N2. The molecule has 0 aliphatic rings. The summed E-state index contributed by atoms with van der Waals surface area (Å²) in [6.45, 7) is 8.38. The highest BCUT2D eigenvalue weighted by atomic mass is 14.7. The van der Waals surface area contributed by atoms with Crippen molar-refractivity contribution in [3.8, 4) is 0 Å². The lowest BCUT2D eigenvalue weighted by Gasteiger charge is -1.90. The number of aryl methyl sites for hydroxylation is 4. The van der Waals surface area contributed by atoms with E-state index in [1.54, 1.807) is 0 Å². The molecule has 0 bridgehead atoms. The van der Waals surface area contributed by atoms with Gasteiger partial charge < -0.3 is 9.97 Å². The first-order chi connectivity index (χ1) is 10.5. The molecule has 4 aromatic rings. The van der Waals surface area contributed by atoms with Crippen LogP contribution in [0.1, 0.15) is 22.5 Å². The van der Waals surface area contributed by atoms with Crippen molar-refractivity contribution in [3.63, 3.8) is 0 Å². The van der Waals surface area contributed by atoms with Crippen molar-refractivity contribution < 1.29 is 0 Å². The zero-order valence-corrected chi connectivity index (χ0v) is 13.6. The second-order valence-corrected chi connectivity index (χ2v) is 6.09. The summed E-state index contributed by atoms with van der Waals surface area (Å²) in [6.07, 6.45) is 0. The maximum atomic E-state index is 3.30. The lowest BCUT2D eigenvalue weighted by molar-refractivity contribution is 1.30. The molecule has 0 amide bonds. The van der Waals surface area contributed by atoms with E-state index in [0.29, 0.717) is 0 Å². The molecule has 0 radical (unpaired) electrons. The average Bonchev–Trinajstić information content (AvgIpc) is 2.99. The Morgan fingerprint density at radius 2 is 1.14 bits per heavy atom. The Morgan fingerprint density at radius 3 is 1.91 bits per heavy atom. The summed E-state index contributed by atoms with van der Waals surface area (Å²) in [7, 11) is 0. The Labute approximate surface area is 131 Å². The Kier molecular flexibility index (Phi) is 3.76. The third-order valence-corrected chi connectivity index (χ3v) is 3.82. The molecule has 2 heterocycles. The fraction of sp³-hybridized carbons (Fsp3) is 0.200. The van der Waals surface area contributed by atoms with Crippen LogP contribution in [0.3, 0.4) is 0 Å². The van der Waals surface area contributed by atoms with E-state index in [1.165, 1.54) is 44.3 Å². The van der Waals surface area contributed by atoms with Crippen LogP contribution < -0.4 is 0 Å². The van der Waals surface area contributed by atoms with Gasteiger partial charge in [0.1, 0.15) is 0 Å². The fourth-order valence-electron chi connectivity index (χ4n) is 2.78. The third-order valence-electron chi connectivity index (χ3n) is 3.82. The quantitative estimate of drug-likeness (QED) is 0.424. The number of fused-ring (bicyclic) bond motifs is 2. The highest BCUT2D eigenvalue weighted by Crippen LogP contribution is 2.16. The van der Waals surface area contributed by atoms with Gasteiger partial charge >= 0.3 is 0 Å². The van der Waals surface area contributed by atoms with Gasteiger partial charge in [-0.25, -0.2) is 0 Å². The van der Waals surface area contributed by atoms with Crippen molar-refractivity contribution in [2.75, 3.05) is 0 Å². The summed E-state index contributed by atoms with van der Waals surface area (Å²) in [5, 5.41) is 2.61. The summed E-state index contributed by atoms with van der Waals surface area (Å²) in [5.74, 6) is 0. The minimum atomic E-state index is 1.23. The monoisotopic (exact) mass is 290 g/mol. The predicted octanol–water partition coefficient (Wildman–Crippen LogP) is 5.57. The molecule has 0 unspecified atom stereocenters. The van der Waals surface area contributed by atoms with Crippen LogP contribution in [0.2, 0.25) is 0 Å². The van der Waals surface area contributed by atoms with Gasteiger partial charge in [-0.05, 0) is 74.4 Å². The molecule has 0 spiro atoms. The summed E-state index contributed by atoms with van der Waals surface area (Å²) in [5.41, 5.74) is 7.54. The Bertz CT molecular complexity index is 847. The van der Waals surface area contributed by atoms with E-state index < -0.39 is 0 Å². The highest BCUT2D eigenvalue weighted by Gasteiger charge is 1.96. The van der Waals surface area contributed by atoms with Crippen molar-refractivity contribution in [2.24, 2.45) is 0 Å². The van der Waals surface area contributed by atoms with Gasteiger partial charge in [-0.15, -0.1) is 0 Å². The predicted molar refractivity (Wildman–Crippen MR) is 95.5 cm³/mol. The third kappa shape index (κ3) is 3.06. The van der Waals surface area contributed by atoms with Gasteiger partial charge in [-0.2, -0.15) is 0 Å². The van der Waals surface area contributed by atoms with Crippen molar-refractivity contribution in [3.05, 3.63) is 71.0 Å². The number of rotatable bonds is 0. The fourth-order valence-corrected chi connectivity index (χ4v) is 2.78. The van der Waals surface area contributed by atoms with E-state index in [9.17, 15) is 0 Å². The minimum Gasteiger partial charge on any atom is -0.359 e. The van der Waals surface area contributed by atoms with Gasteiger partial charge in [0.05, 0.1) is 0 Å². The number of aromatic nitrogens is 2. The van der Waals surface area contributed by atoms with Gasteiger partial charge in [0, 0.05) is 22.4 Å². The molecule has 4 rings (SSSR count). The standard InChI is InChI=1S/2C10H11N/c1-7-3-4-10-9(5-7)6-8(2)11-10;1-7-3-4-9-6-8(2)11-10(9)5-7/h2*3-6,11H,1-2H3. The molecule has 112 valence electrons. The molecular weight excluding hydrogens is 268 g/mol. The maximum Gasteiger partial charge on any atom is 0.0458 e. The van der Waals surface area contributed by atoms with Crippen LogP contribution in [0.15, 0.2) is 48.5 Å². The van der Waals surface area contributed by atoms with Gasteiger partial charge in [-0.1, -0.05) is 23.8 Å². The minimum absolute atomic E-state index is 1.23.